The van der Waals surface area contributed by atoms with Gasteiger partial charge >= 0.3 is 5.97 Å². The molecule has 0 aliphatic heterocycles. The van der Waals surface area contributed by atoms with Gasteiger partial charge in [-0.1, -0.05) is 17.4 Å². The van der Waals surface area contributed by atoms with Crippen molar-refractivity contribution >= 4 is 28.1 Å². The Hall–Kier alpha value is -1.88. The molecule has 0 saturated heterocycles. The maximum absolute atomic E-state index is 11.3. The standard InChI is InChI=1S/C13H14N2O2S/c1-8-4-5-10(6-9(8)2)15-13-14-7-11(18-13)12(16)17-3/h4-7H,1-3H3,(H,14,15). The predicted molar refractivity (Wildman–Crippen MR) is 72.7 cm³/mol. The van der Waals surface area contributed by atoms with Crippen LogP contribution in [0, 0.1) is 13.8 Å². The van der Waals surface area contributed by atoms with Gasteiger partial charge < -0.3 is 10.1 Å². The van der Waals surface area contributed by atoms with E-state index in [2.05, 4.69) is 35.0 Å². The summed E-state index contributed by atoms with van der Waals surface area (Å²) in [5.74, 6) is -0.361. The Morgan fingerprint density at radius 3 is 2.78 bits per heavy atom. The molecule has 0 spiro atoms. The zero-order chi connectivity index (χ0) is 13.1. The number of aryl methyl sites for hydroxylation is 2. The van der Waals surface area contributed by atoms with Gasteiger partial charge in [0, 0.05) is 5.69 Å². The van der Waals surface area contributed by atoms with Gasteiger partial charge in [0.15, 0.2) is 5.13 Å². The summed E-state index contributed by atoms with van der Waals surface area (Å²) in [6.07, 6.45) is 1.51. The fraction of sp³-hybridized carbons (Fsp3) is 0.231. The molecule has 4 nitrogen and oxygen atoms in total. The number of nitrogens with one attached hydrogen (secondary N) is 1. The minimum atomic E-state index is -0.361. The Balaban J connectivity index is 2.16. The zero-order valence-electron chi connectivity index (χ0n) is 10.5. The largest absolute Gasteiger partial charge is 0.465 e. The molecule has 0 aliphatic carbocycles. The van der Waals surface area contributed by atoms with Crippen LogP contribution in [-0.4, -0.2) is 18.1 Å². The van der Waals surface area contributed by atoms with E-state index in [1.165, 1.54) is 35.8 Å². The first kappa shape index (κ1) is 12.6. The third-order valence-electron chi connectivity index (χ3n) is 2.65. The molecule has 1 aromatic carbocycles. The van der Waals surface area contributed by atoms with Crippen molar-refractivity contribution in [2.75, 3.05) is 12.4 Å². The van der Waals surface area contributed by atoms with Crippen LogP contribution in [0.15, 0.2) is 24.4 Å². The number of thiazole rings is 1. The maximum Gasteiger partial charge on any atom is 0.349 e. The van der Waals surface area contributed by atoms with Gasteiger partial charge in [-0.25, -0.2) is 9.78 Å². The summed E-state index contributed by atoms with van der Waals surface area (Å²) in [5.41, 5.74) is 3.42. The number of hydrogen-bond acceptors (Lipinski definition) is 5. The van der Waals surface area contributed by atoms with E-state index in [9.17, 15) is 4.79 Å². The molecule has 1 aromatic heterocycles. The number of methoxy groups -OCH3 is 1. The number of nitrogens with zero attached hydrogens (tertiary/aromatic N) is 1. The summed E-state index contributed by atoms with van der Waals surface area (Å²) in [6, 6.07) is 6.09. The van der Waals surface area contributed by atoms with Crippen LogP contribution in [-0.2, 0) is 4.74 Å². The third-order valence-corrected chi connectivity index (χ3v) is 3.54. The molecule has 0 bridgehead atoms. The Bertz CT molecular complexity index is 578. The van der Waals surface area contributed by atoms with Crippen LogP contribution in [0.2, 0.25) is 0 Å². The molecule has 0 unspecified atom stereocenters. The lowest BCUT2D eigenvalue weighted by molar-refractivity contribution is 0.0606. The molecule has 0 amide bonds. The highest BCUT2D eigenvalue weighted by Gasteiger charge is 2.10. The number of carbonyl (C=O) groups is 1. The lowest BCUT2D eigenvalue weighted by Gasteiger charge is -2.05. The second kappa shape index (κ2) is 5.18. The van der Waals surface area contributed by atoms with Crippen molar-refractivity contribution in [1.29, 1.82) is 0 Å². The van der Waals surface area contributed by atoms with E-state index in [0.717, 1.165) is 5.69 Å². The van der Waals surface area contributed by atoms with E-state index in [-0.39, 0.29) is 5.97 Å². The number of rotatable bonds is 3. The topological polar surface area (TPSA) is 51.2 Å². The molecule has 18 heavy (non-hydrogen) atoms. The van der Waals surface area contributed by atoms with E-state index >= 15 is 0 Å². The molecule has 2 aromatic rings. The Labute approximate surface area is 110 Å². The van der Waals surface area contributed by atoms with Crippen molar-refractivity contribution < 1.29 is 9.53 Å². The van der Waals surface area contributed by atoms with E-state index in [1.54, 1.807) is 0 Å². The summed E-state index contributed by atoms with van der Waals surface area (Å²) in [7, 11) is 1.36. The second-order valence-corrected chi connectivity index (χ2v) is 4.98. The summed E-state index contributed by atoms with van der Waals surface area (Å²) in [4.78, 5) is 15.9. The normalized spacial score (nSPS) is 10.2. The molecule has 0 radical (unpaired) electrons. The molecule has 2 rings (SSSR count). The lowest BCUT2D eigenvalue weighted by Crippen LogP contribution is -1.96. The van der Waals surface area contributed by atoms with Gasteiger partial charge in [0.05, 0.1) is 13.3 Å². The van der Waals surface area contributed by atoms with E-state index < -0.39 is 0 Å². The van der Waals surface area contributed by atoms with Gasteiger partial charge in [0.25, 0.3) is 0 Å². The number of aromatic nitrogens is 1. The Kier molecular flexibility index (Phi) is 3.62. The van der Waals surface area contributed by atoms with Crippen molar-refractivity contribution in [2.24, 2.45) is 0 Å². The molecule has 0 fully saturated rings. The first-order valence-corrected chi connectivity index (χ1v) is 6.30. The highest BCUT2D eigenvalue weighted by molar-refractivity contribution is 7.17. The van der Waals surface area contributed by atoms with Gasteiger partial charge in [-0.3, -0.25) is 0 Å². The number of anilines is 2. The van der Waals surface area contributed by atoms with Crippen molar-refractivity contribution in [3.8, 4) is 0 Å². The molecule has 1 N–H and O–H groups in total. The number of hydrogen-bond donors (Lipinski definition) is 1. The van der Waals surface area contributed by atoms with E-state index in [0.29, 0.717) is 10.0 Å². The lowest BCUT2D eigenvalue weighted by atomic mass is 10.1. The summed E-state index contributed by atoms with van der Waals surface area (Å²) < 4.78 is 4.64. The third kappa shape index (κ3) is 2.68. The molecule has 94 valence electrons. The minimum absolute atomic E-state index is 0.361. The summed E-state index contributed by atoms with van der Waals surface area (Å²) in [5, 5.41) is 3.85. The quantitative estimate of drug-likeness (QED) is 0.862. The highest BCUT2D eigenvalue weighted by atomic mass is 32.1. The van der Waals surface area contributed by atoms with E-state index in [1.807, 2.05) is 12.1 Å². The highest BCUT2D eigenvalue weighted by Crippen LogP contribution is 2.24. The number of carbonyl (C=O) groups excluding carboxylic acids is 1. The predicted octanol–water partition coefficient (Wildman–Crippen LogP) is 3.29. The first-order valence-electron chi connectivity index (χ1n) is 5.48. The maximum atomic E-state index is 11.3. The van der Waals surface area contributed by atoms with Gasteiger partial charge in [-0.05, 0) is 37.1 Å². The Morgan fingerprint density at radius 2 is 2.11 bits per heavy atom. The summed E-state index contributed by atoms with van der Waals surface area (Å²) >= 11 is 1.27. The number of esters is 1. The molecule has 0 saturated carbocycles. The van der Waals surface area contributed by atoms with Gasteiger partial charge in [-0.15, -0.1) is 0 Å². The minimum Gasteiger partial charge on any atom is -0.465 e. The molecule has 5 heteroatoms. The molecular weight excluding hydrogens is 248 g/mol. The first-order chi connectivity index (χ1) is 8.60. The summed E-state index contributed by atoms with van der Waals surface area (Å²) in [6.45, 7) is 4.13. The molecule has 0 aliphatic rings. The van der Waals surface area contributed by atoms with Gasteiger partial charge in [-0.2, -0.15) is 0 Å². The van der Waals surface area contributed by atoms with Crippen molar-refractivity contribution in [3.63, 3.8) is 0 Å². The monoisotopic (exact) mass is 262 g/mol. The average molecular weight is 262 g/mol. The van der Waals surface area contributed by atoms with Crippen LogP contribution in [0.3, 0.4) is 0 Å². The SMILES string of the molecule is COC(=O)c1cnc(Nc2ccc(C)c(C)c2)s1. The Morgan fingerprint density at radius 1 is 1.33 bits per heavy atom. The average Bonchev–Trinajstić information content (AvgIpc) is 2.81. The van der Waals surface area contributed by atoms with Crippen LogP contribution in [0.1, 0.15) is 20.8 Å². The fourth-order valence-electron chi connectivity index (χ4n) is 1.47. The van der Waals surface area contributed by atoms with Crippen molar-refractivity contribution in [1.82, 2.24) is 4.98 Å². The smallest absolute Gasteiger partial charge is 0.349 e. The van der Waals surface area contributed by atoms with Crippen LogP contribution in [0.4, 0.5) is 10.8 Å². The van der Waals surface area contributed by atoms with Crippen LogP contribution < -0.4 is 5.32 Å². The zero-order valence-corrected chi connectivity index (χ0v) is 11.3. The van der Waals surface area contributed by atoms with Crippen LogP contribution in [0.25, 0.3) is 0 Å². The molecular formula is C13H14N2O2S. The molecule has 1 heterocycles. The fourth-order valence-corrected chi connectivity index (χ4v) is 2.22. The number of ether oxygens (including phenoxy) is 1. The van der Waals surface area contributed by atoms with Crippen molar-refractivity contribution in [3.05, 3.63) is 40.4 Å². The van der Waals surface area contributed by atoms with Crippen LogP contribution in [0.5, 0.6) is 0 Å². The van der Waals surface area contributed by atoms with Crippen LogP contribution >= 0.6 is 11.3 Å². The van der Waals surface area contributed by atoms with Crippen molar-refractivity contribution in [2.45, 2.75) is 13.8 Å². The number of benzene rings is 1. The second-order valence-electron chi connectivity index (χ2n) is 3.95. The van der Waals surface area contributed by atoms with E-state index in [4.69, 9.17) is 0 Å². The van der Waals surface area contributed by atoms with Gasteiger partial charge in [0.1, 0.15) is 4.88 Å². The molecule has 0 atom stereocenters. The van der Waals surface area contributed by atoms with Gasteiger partial charge in [0.2, 0.25) is 0 Å².